The molecule has 180 valence electrons. The first-order valence-corrected chi connectivity index (χ1v) is 13.6. The van der Waals surface area contributed by atoms with Crippen LogP contribution in [0.25, 0.3) is 10.2 Å². The summed E-state index contributed by atoms with van der Waals surface area (Å²) in [5.41, 5.74) is 2.26. The number of aryl methyl sites for hydroxylation is 2. The van der Waals surface area contributed by atoms with Crippen LogP contribution in [-0.2, 0) is 30.6 Å². The number of carbonyl (C=O) groups excluding carboxylic acids is 2. The number of hydrogen-bond donors (Lipinski definition) is 2. The zero-order chi connectivity index (χ0) is 24.1. The van der Waals surface area contributed by atoms with Crippen LogP contribution in [0.1, 0.15) is 42.7 Å². The van der Waals surface area contributed by atoms with Crippen molar-refractivity contribution in [1.82, 2.24) is 20.2 Å². The SMILES string of the molecule is CCCNC(=O)NC(=O)CSc1nc2sc3c(c2c(=O)n1CCc1ccccc1)CCC(C)C3. The Morgan fingerprint density at radius 2 is 2.06 bits per heavy atom. The minimum absolute atomic E-state index is 0.00491. The summed E-state index contributed by atoms with van der Waals surface area (Å²) >= 11 is 2.80. The molecule has 1 aromatic carbocycles. The normalized spacial score (nSPS) is 15.2. The van der Waals surface area contributed by atoms with Crippen LogP contribution >= 0.6 is 23.1 Å². The van der Waals surface area contributed by atoms with Crippen molar-refractivity contribution >= 4 is 45.3 Å². The van der Waals surface area contributed by atoms with E-state index in [0.717, 1.165) is 47.0 Å². The zero-order valence-electron chi connectivity index (χ0n) is 19.6. The van der Waals surface area contributed by atoms with Crippen LogP contribution in [0, 0.1) is 5.92 Å². The molecule has 34 heavy (non-hydrogen) atoms. The topological polar surface area (TPSA) is 93.1 Å². The van der Waals surface area contributed by atoms with Gasteiger partial charge >= 0.3 is 6.03 Å². The number of carbonyl (C=O) groups is 2. The molecule has 0 bridgehead atoms. The van der Waals surface area contributed by atoms with Gasteiger partial charge in [0.15, 0.2) is 5.16 Å². The molecule has 0 fully saturated rings. The lowest BCUT2D eigenvalue weighted by molar-refractivity contribution is -0.117. The van der Waals surface area contributed by atoms with Gasteiger partial charge in [-0.15, -0.1) is 11.3 Å². The molecule has 0 radical (unpaired) electrons. The first-order valence-electron chi connectivity index (χ1n) is 11.8. The van der Waals surface area contributed by atoms with Crippen LogP contribution in [0.4, 0.5) is 4.79 Å². The van der Waals surface area contributed by atoms with Gasteiger partial charge in [-0.1, -0.05) is 55.9 Å². The van der Waals surface area contributed by atoms with Crippen molar-refractivity contribution in [3.05, 3.63) is 56.7 Å². The van der Waals surface area contributed by atoms with Crippen molar-refractivity contribution < 1.29 is 9.59 Å². The second kappa shape index (κ2) is 11.2. The van der Waals surface area contributed by atoms with E-state index >= 15 is 0 Å². The highest BCUT2D eigenvalue weighted by atomic mass is 32.2. The third-order valence-electron chi connectivity index (χ3n) is 5.97. The molecule has 2 aromatic heterocycles. The minimum atomic E-state index is -0.502. The van der Waals surface area contributed by atoms with Gasteiger partial charge in [-0.2, -0.15) is 0 Å². The maximum Gasteiger partial charge on any atom is 0.321 e. The number of urea groups is 1. The first kappa shape index (κ1) is 24.5. The van der Waals surface area contributed by atoms with E-state index in [9.17, 15) is 14.4 Å². The van der Waals surface area contributed by atoms with Crippen LogP contribution < -0.4 is 16.2 Å². The Hall–Kier alpha value is -2.65. The highest BCUT2D eigenvalue weighted by Gasteiger charge is 2.25. The summed E-state index contributed by atoms with van der Waals surface area (Å²) in [7, 11) is 0. The number of aromatic nitrogens is 2. The molecule has 0 saturated carbocycles. The van der Waals surface area contributed by atoms with Gasteiger partial charge in [-0.25, -0.2) is 9.78 Å². The monoisotopic (exact) mass is 498 g/mol. The van der Waals surface area contributed by atoms with Crippen molar-refractivity contribution in [3.63, 3.8) is 0 Å². The molecule has 7 nitrogen and oxygen atoms in total. The minimum Gasteiger partial charge on any atom is -0.338 e. The van der Waals surface area contributed by atoms with E-state index in [2.05, 4.69) is 17.6 Å². The summed E-state index contributed by atoms with van der Waals surface area (Å²) in [6.07, 6.45) is 4.46. The standard InChI is InChI=1S/C25H30N4O3S2/c1-3-12-26-24(32)27-20(30)15-33-25-28-22-21(18-10-9-16(2)14-19(18)34-22)23(31)29(25)13-11-17-7-5-4-6-8-17/h4-8,16H,3,9-15H2,1-2H3,(H2,26,27,30,32). The Morgan fingerprint density at radius 1 is 1.26 bits per heavy atom. The number of thiophene rings is 1. The first-order chi connectivity index (χ1) is 16.5. The Labute approximate surface area is 207 Å². The summed E-state index contributed by atoms with van der Waals surface area (Å²) in [5, 5.41) is 6.22. The summed E-state index contributed by atoms with van der Waals surface area (Å²) < 4.78 is 1.70. The van der Waals surface area contributed by atoms with Gasteiger partial charge < -0.3 is 5.32 Å². The smallest absolute Gasteiger partial charge is 0.321 e. The lowest BCUT2D eigenvalue weighted by Crippen LogP contribution is -2.40. The molecule has 1 aliphatic rings. The van der Waals surface area contributed by atoms with Gasteiger partial charge in [0.05, 0.1) is 11.1 Å². The van der Waals surface area contributed by atoms with Gasteiger partial charge in [0.1, 0.15) is 4.83 Å². The number of nitrogens with one attached hydrogen (secondary N) is 2. The Kier molecular flexibility index (Phi) is 8.05. The highest BCUT2D eigenvalue weighted by Crippen LogP contribution is 2.36. The van der Waals surface area contributed by atoms with Crippen LogP contribution in [0.15, 0.2) is 40.3 Å². The number of thioether (sulfide) groups is 1. The molecule has 4 rings (SSSR count). The van der Waals surface area contributed by atoms with Crippen LogP contribution in [0.3, 0.4) is 0 Å². The Balaban J connectivity index is 1.61. The second-order valence-corrected chi connectivity index (χ2v) is 10.7. The molecule has 3 aromatic rings. The fourth-order valence-corrected chi connectivity index (χ4v) is 6.42. The lowest BCUT2D eigenvalue weighted by Gasteiger charge is -2.17. The third kappa shape index (κ3) is 5.70. The quantitative estimate of drug-likeness (QED) is 0.359. The molecule has 0 aliphatic heterocycles. The van der Waals surface area contributed by atoms with Gasteiger partial charge in [0.25, 0.3) is 5.56 Å². The summed E-state index contributed by atoms with van der Waals surface area (Å²) in [4.78, 5) is 44.7. The summed E-state index contributed by atoms with van der Waals surface area (Å²) in [6.45, 7) is 5.17. The summed E-state index contributed by atoms with van der Waals surface area (Å²) in [5.74, 6) is 0.199. The molecule has 9 heteroatoms. The average Bonchev–Trinajstić information content (AvgIpc) is 3.19. The van der Waals surface area contributed by atoms with Crippen LogP contribution in [0.2, 0.25) is 0 Å². The maximum absolute atomic E-state index is 13.7. The molecule has 1 aliphatic carbocycles. The van der Waals surface area contributed by atoms with Crippen molar-refractivity contribution in [1.29, 1.82) is 0 Å². The third-order valence-corrected chi connectivity index (χ3v) is 8.09. The molecular weight excluding hydrogens is 468 g/mol. The zero-order valence-corrected chi connectivity index (χ0v) is 21.2. The predicted molar refractivity (Wildman–Crippen MR) is 138 cm³/mol. The number of amides is 3. The number of imide groups is 1. The van der Waals surface area contributed by atoms with Gasteiger partial charge in [0.2, 0.25) is 5.91 Å². The number of rotatable bonds is 8. The highest BCUT2D eigenvalue weighted by molar-refractivity contribution is 7.99. The number of fused-ring (bicyclic) bond motifs is 3. The van der Waals surface area contributed by atoms with Crippen molar-refractivity contribution in [2.24, 2.45) is 5.92 Å². The van der Waals surface area contributed by atoms with Gasteiger partial charge in [-0.05, 0) is 49.1 Å². The lowest BCUT2D eigenvalue weighted by atomic mass is 9.89. The predicted octanol–water partition coefficient (Wildman–Crippen LogP) is 4.15. The Bertz CT molecular complexity index is 1240. The number of benzene rings is 1. The molecule has 0 spiro atoms. The number of nitrogens with zero attached hydrogens (tertiary/aromatic N) is 2. The van der Waals surface area contributed by atoms with Crippen molar-refractivity contribution in [2.45, 2.75) is 57.7 Å². The molecular formula is C25H30N4O3S2. The van der Waals surface area contributed by atoms with Gasteiger partial charge in [0, 0.05) is 18.0 Å². The van der Waals surface area contributed by atoms with E-state index in [4.69, 9.17) is 4.98 Å². The summed E-state index contributed by atoms with van der Waals surface area (Å²) in [6, 6.07) is 9.52. The van der Waals surface area contributed by atoms with Crippen LogP contribution in [0.5, 0.6) is 0 Å². The molecule has 1 unspecified atom stereocenters. The van der Waals surface area contributed by atoms with E-state index in [1.165, 1.54) is 16.6 Å². The van der Waals surface area contributed by atoms with E-state index in [0.29, 0.717) is 30.6 Å². The van der Waals surface area contributed by atoms with Crippen molar-refractivity contribution in [2.75, 3.05) is 12.3 Å². The number of hydrogen-bond acceptors (Lipinski definition) is 6. The fourth-order valence-electron chi connectivity index (χ4n) is 4.17. The fraction of sp³-hybridized carbons (Fsp3) is 0.440. The maximum atomic E-state index is 13.7. The van der Waals surface area contributed by atoms with E-state index in [-0.39, 0.29) is 11.3 Å². The molecule has 2 N–H and O–H groups in total. The second-order valence-electron chi connectivity index (χ2n) is 8.71. The Morgan fingerprint density at radius 3 is 2.82 bits per heavy atom. The van der Waals surface area contributed by atoms with E-state index in [1.807, 2.05) is 37.3 Å². The van der Waals surface area contributed by atoms with Crippen molar-refractivity contribution in [3.8, 4) is 0 Å². The van der Waals surface area contributed by atoms with Gasteiger partial charge in [-0.3, -0.25) is 19.5 Å². The van der Waals surface area contributed by atoms with E-state index < -0.39 is 11.9 Å². The van der Waals surface area contributed by atoms with Crippen LogP contribution in [-0.4, -0.2) is 33.8 Å². The van der Waals surface area contributed by atoms with E-state index in [1.54, 1.807) is 15.9 Å². The molecule has 1 atom stereocenters. The largest absolute Gasteiger partial charge is 0.338 e. The molecule has 0 saturated heterocycles. The molecule has 2 heterocycles. The molecule has 3 amide bonds. The average molecular weight is 499 g/mol.